The van der Waals surface area contributed by atoms with Gasteiger partial charge in [-0.2, -0.15) is 5.10 Å². The molecule has 2 rings (SSSR count). The predicted molar refractivity (Wildman–Crippen MR) is 115 cm³/mol. The van der Waals surface area contributed by atoms with Gasteiger partial charge in [-0.05, 0) is 50.7 Å². The average Bonchev–Trinajstić information content (AvgIpc) is 2.95. The summed E-state index contributed by atoms with van der Waals surface area (Å²) < 4.78 is 10.5. The quantitative estimate of drug-likeness (QED) is 0.293. The molecule has 2 N–H and O–H groups in total. The number of benzene rings is 1. The highest BCUT2D eigenvalue weighted by atomic mass is 79.9. The van der Waals surface area contributed by atoms with Crippen LogP contribution in [0.4, 0.5) is 10.5 Å². The van der Waals surface area contributed by atoms with Gasteiger partial charge < -0.3 is 9.47 Å². The largest absolute Gasteiger partial charge is 0.466 e. The summed E-state index contributed by atoms with van der Waals surface area (Å²) in [5.74, 6) is -1.11. The molecule has 1 saturated heterocycles. The molecule has 1 fully saturated rings. The lowest BCUT2D eigenvalue weighted by Gasteiger charge is -2.20. The van der Waals surface area contributed by atoms with E-state index in [0.717, 1.165) is 22.3 Å². The van der Waals surface area contributed by atoms with Gasteiger partial charge in [0.15, 0.2) is 5.17 Å². The van der Waals surface area contributed by atoms with E-state index in [-0.39, 0.29) is 10.1 Å². The van der Waals surface area contributed by atoms with E-state index in [4.69, 9.17) is 4.74 Å². The first-order chi connectivity index (χ1) is 13.6. The Morgan fingerprint density at radius 2 is 2.03 bits per heavy atom. The topological polar surface area (TPSA) is 118 Å². The summed E-state index contributed by atoms with van der Waals surface area (Å²) in [6.45, 7) is 5.30. The maximum absolute atomic E-state index is 12.0. The molecule has 1 heterocycles. The Bertz CT molecular complexity index is 921. The van der Waals surface area contributed by atoms with Gasteiger partial charge in [0, 0.05) is 16.1 Å². The van der Waals surface area contributed by atoms with Crippen molar-refractivity contribution >= 4 is 62.7 Å². The van der Waals surface area contributed by atoms with Crippen molar-refractivity contribution in [2.45, 2.75) is 26.4 Å². The molecule has 0 atom stereocenters. The molecule has 1 aromatic carbocycles. The maximum Gasteiger partial charge on any atom is 0.412 e. The molecule has 9 nitrogen and oxygen atoms in total. The van der Waals surface area contributed by atoms with Gasteiger partial charge in [0.1, 0.15) is 5.60 Å². The number of carbonyl (C=O) groups is 3. The van der Waals surface area contributed by atoms with Gasteiger partial charge in [0.25, 0.3) is 5.91 Å². The Morgan fingerprint density at radius 1 is 1.31 bits per heavy atom. The lowest BCUT2D eigenvalue weighted by molar-refractivity contribution is -0.135. The minimum absolute atomic E-state index is 0.153. The lowest BCUT2D eigenvalue weighted by atomic mass is 10.2. The second kappa shape index (κ2) is 9.70. The van der Waals surface area contributed by atoms with Crippen LogP contribution in [0.2, 0.25) is 0 Å². The van der Waals surface area contributed by atoms with Gasteiger partial charge >= 0.3 is 12.1 Å². The summed E-state index contributed by atoms with van der Waals surface area (Å²) in [6, 6.07) is 5.18. The van der Waals surface area contributed by atoms with Gasteiger partial charge in [-0.3, -0.25) is 15.4 Å². The zero-order valence-corrected chi connectivity index (χ0v) is 18.5. The Morgan fingerprint density at radius 3 is 2.69 bits per heavy atom. The van der Waals surface area contributed by atoms with E-state index in [1.165, 1.54) is 13.3 Å². The number of hydrogen-bond acceptors (Lipinski definition) is 8. The lowest BCUT2D eigenvalue weighted by Crippen LogP contribution is -2.27. The van der Waals surface area contributed by atoms with Gasteiger partial charge in [-0.25, -0.2) is 9.59 Å². The minimum atomic E-state index is -0.639. The number of amidine groups is 1. The second-order valence-corrected chi connectivity index (χ2v) is 8.54. The van der Waals surface area contributed by atoms with Crippen LogP contribution in [-0.4, -0.2) is 42.1 Å². The number of thioether (sulfide) groups is 1. The van der Waals surface area contributed by atoms with Crippen LogP contribution in [0.1, 0.15) is 26.3 Å². The molecule has 29 heavy (non-hydrogen) atoms. The van der Waals surface area contributed by atoms with Crippen molar-refractivity contribution in [2.75, 3.05) is 12.4 Å². The third kappa shape index (κ3) is 7.35. The summed E-state index contributed by atoms with van der Waals surface area (Å²) in [6.07, 6.45) is 1.89. The molecular formula is C18H19BrN4O5S. The molecule has 154 valence electrons. The van der Waals surface area contributed by atoms with E-state index >= 15 is 0 Å². The van der Waals surface area contributed by atoms with Gasteiger partial charge in [-0.15, -0.1) is 5.10 Å². The van der Waals surface area contributed by atoms with E-state index in [1.807, 2.05) is 0 Å². The fraction of sp³-hybridized carbons (Fsp3) is 0.278. The fourth-order valence-electron chi connectivity index (χ4n) is 1.95. The van der Waals surface area contributed by atoms with Crippen LogP contribution in [0.25, 0.3) is 0 Å². The first kappa shape index (κ1) is 22.6. The number of carbonyl (C=O) groups excluding carboxylic acids is 3. The van der Waals surface area contributed by atoms with Crippen LogP contribution < -0.4 is 10.6 Å². The number of esters is 1. The molecular weight excluding hydrogens is 464 g/mol. The van der Waals surface area contributed by atoms with Gasteiger partial charge in [0.05, 0.1) is 23.9 Å². The van der Waals surface area contributed by atoms with E-state index in [2.05, 4.69) is 41.5 Å². The Balaban J connectivity index is 2.14. The summed E-state index contributed by atoms with van der Waals surface area (Å²) in [7, 11) is 1.22. The molecule has 0 bridgehead atoms. The summed E-state index contributed by atoms with van der Waals surface area (Å²) in [5, 5.41) is 13.2. The highest BCUT2D eigenvalue weighted by Crippen LogP contribution is 2.24. The molecule has 1 aliphatic heterocycles. The third-order valence-corrected chi connectivity index (χ3v) is 4.49. The van der Waals surface area contributed by atoms with E-state index in [9.17, 15) is 14.4 Å². The highest BCUT2D eigenvalue weighted by molar-refractivity contribution is 9.10. The van der Waals surface area contributed by atoms with E-state index < -0.39 is 23.6 Å². The van der Waals surface area contributed by atoms with Crippen LogP contribution in [-0.2, 0) is 19.1 Å². The first-order valence-electron chi connectivity index (χ1n) is 8.27. The third-order valence-electron chi connectivity index (χ3n) is 3.10. The number of rotatable bonds is 4. The van der Waals surface area contributed by atoms with E-state index in [1.54, 1.807) is 39.0 Å². The van der Waals surface area contributed by atoms with Crippen molar-refractivity contribution in [1.29, 1.82) is 0 Å². The summed E-state index contributed by atoms with van der Waals surface area (Å²) in [4.78, 5) is 35.2. The average molecular weight is 483 g/mol. The monoisotopic (exact) mass is 482 g/mol. The second-order valence-electron chi connectivity index (χ2n) is 6.60. The predicted octanol–water partition coefficient (Wildman–Crippen LogP) is 3.41. The van der Waals surface area contributed by atoms with Crippen molar-refractivity contribution in [3.63, 3.8) is 0 Å². The number of methoxy groups -OCH3 is 1. The molecule has 0 aliphatic carbocycles. The Labute approximate surface area is 180 Å². The first-order valence-corrected chi connectivity index (χ1v) is 9.88. The number of nitrogens with one attached hydrogen (secondary N) is 2. The number of halogens is 1. The molecule has 0 aromatic heterocycles. The molecule has 1 aliphatic rings. The summed E-state index contributed by atoms with van der Waals surface area (Å²) >= 11 is 4.32. The molecule has 0 unspecified atom stereocenters. The number of ether oxygens (including phenoxy) is 2. The summed E-state index contributed by atoms with van der Waals surface area (Å²) in [5.41, 5.74) is 0.405. The smallest absolute Gasteiger partial charge is 0.412 e. The van der Waals surface area contributed by atoms with Gasteiger partial charge in [-0.1, -0.05) is 15.9 Å². The van der Waals surface area contributed by atoms with Crippen molar-refractivity contribution in [3.05, 3.63) is 39.2 Å². The van der Waals surface area contributed by atoms with Crippen molar-refractivity contribution in [1.82, 2.24) is 5.32 Å². The van der Waals surface area contributed by atoms with E-state index in [0.29, 0.717) is 11.3 Å². The standard InChI is InChI=1S/C18H19BrN4O5S/c1-18(2,3)28-17(26)21-12-6-5-11(19)7-10(12)9-20-23-16-22-15(25)13(29-16)8-14(24)27-4/h5-9H,1-4H3,(H,21,26)(H,22,23,25)/b13-8+,20-9?. The van der Waals surface area contributed by atoms with Crippen molar-refractivity contribution in [2.24, 2.45) is 10.2 Å². The van der Waals surface area contributed by atoms with Crippen molar-refractivity contribution in [3.8, 4) is 0 Å². The molecule has 11 heteroatoms. The molecule has 1 aromatic rings. The van der Waals surface area contributed by atoms with Crippen LogP contribution in [0, 0.1) is 0 Å². The fourth-order valence-corrected chi connectivity index (χ4v) is 3.07. The Kier molecular flexibility index (Phi) is 7.57. The van der Waals surface area contributed by atoms with Gasteiger partial charge in [0.2, 0.25) is 0 Å². The number of amides is 2. The highest BCUT2D eigenvalue weighted by Gasteiger charge is 2.25. The van der Waals surface area contributed by atoms with Crippen LogP contribution in [0.15, 0.2) is 43.9 Å². The Hall–Kier alpha value is -2.66. The zero-order valence-electron chi connectivity index (χ0n) is 16.1. The molecule has 0 radical (unpaired) electrons. The van der Waals surface area contributed by atoms with Crippen LogP contribution >= 0.6 is 27.7 Å². The maximum atomic E-state index is 12.0. The molecule has 0 saturated carbocycles. The zero-order chi connectivity index (χ0) is 21.6. The molecule has 0 spiro atoms. The normalized spacial score (nSPS) is 16.9. The SMILES string of the molecule is COC(=O)/C=C1/S/C(=N\N=Cc2cc(Br)ccc2NC(=O)OC(C)(C)C)NC1=O. The number of nitrogens with zero attached hydrogens (tertiary/aromatic N) is 2. The van der Waals surface area contributed by atoms with Crippen LogP contribution in [0.3, 0.4) is 0 Å². The molecule has 2 amide bonds. The minimum Gasteiger partial charge on any atom is -0.466 e. The number of hydrogen-bond donors (Lipinski definition) is 2. The van der Waals surface area contributed by atoms with Crippen molar-refractivity contribution < 1.29 is 23.9 Å². The van der Waals surface area contributed by atoms with Crippen LogP contribution in [0.5, 0.6) is 0 Å². The number of anilines is 1.